The van der Waals surface area contributed by atoms with Gasteiger partial charge in [0.1, 0.15) is 11.9 Å². The second kappa shape index (κ2) is 15.7. The number of hydrogen-bond donors (Lipinski definition) is 0. The van der Waals surface area contributed by atoms with Crippen LogP contribution in [0.4, 0.5) is 50.1 Å². The minimum Gasteiger partial charge on any atom is -0.462 e. The highest BCUT2D eigenvalue weighted by atomic mass is 19.4. The summed E-state index contributed by atoms with van der Waals surface area (Å²) in [6.07, 6.45) is -11.2. The van der Waals surface area contributed by atoms with Gasteiger partial charge in [-0.05, 0) is 74.8 Å². The first-order valence-corrected chi connectivity index (χ1v) is 15.5. The van der Waals surface area contributed by atoms with Crippen LogP contribution in [0.1, 0.15) is 80.2 Å². The summed E-state index contributed by atoms with van der Waals surface area (Å²) >= 11 is 0. The van der Waals surface area contributed by atoms with Gasteiger partial charge in [0.15, 0.2) is 0 Å². The summed E-state index contributed by atoms with van der Waals surface area (Å²) in [5.41, 5.74) is -4.91. The molecule has 3 rings (SSSR count). The number of carbonyl (C=O) groups is 2. The lowest BCUT2D eigenvalue weighted by molar-refractivity contribution is -0.151. The molecule has 0 bridgehead atoms. The molecule has 0 atom stereocenters. The van der Waals surface area contributed by atoms with Crippen molar-refractivity contribution in [1.82, 2.24) is 14.8 Å². The highest BCUT2D eigenvalue weighted by Crippen LogP contribution is 2.38. The Morgan fingerprint density at radius 1 is 0.812 bits per heavy atom. The molecule has 0 spiro atoms. The van der Waals surface area contributed by atoms with Crippen LogP contribution >= 0.6 is 0 Å². The molecule has 1 heterocycles. The summed E-state index contributed by atoms with van der Waals surface area (Å²) in [6, 6.07) is 0.842. The standard InChI is InChI=1S/C32H39F9N4O3/c1-5-7-27(46)48-26-10-8-20(9-11-26)17-44(6-2)28-22(14-25(16-42-28)32(39,40)41)19-45(29(47)43(3)4)18-21-12-23(30(33,34)35)15-24(13-21)31(36,37)38/h12-16,20,26H,5-11,17-19H2,1-4H3/t20-,26-. The van der Waals surface area contributed by atoms with Crippen LogP contribution in [-0.4, -0.2) is 60.1 Å². The van der Waals surface area contributed by atoms with Crippen LogP contribution in [0.2, 0.25) is 0 Å². The summed E-state index contributed by atoms with van der Waals surface area (Å²) in [4.78, 5) is 32.9. The second-order valence-corrected chi connectivity index (χ2v) is 12.1. The lowest BCUT2D eigenvalue weighted by atomic mass is 9.87. The van der Waals surface area contributed by atoms with Crippen molar-refractivity contribution in [3.63, 3.8) is 0 Å². The first-order chi connectivity index (χ1) is 22.2. The fourth-order valence-electron chi connectivity index (χ4n) is 5.63. The van der Waals surface area contributed by atoms with E-state index in [4.69, 9.17) is 4.74 Å². The van der Waals surface area contributed by atoms with Crippen LogP contribution in [0, 0.1) is 5.92 Å². The molecular weight excluding hydrogens is 659 g/mol. The van der Waals surface area contributed by atoms with Crippen molar-refractivity contribution in [2.75, 3.05) is 32.1 Å². The van der Waals surface area contributed by atoms with Crippen molar-refractivity contribution in [2.45, 2.75) is 90.1 Å². The van der Waals surface area contributed by atoms with Gasteiger partial charge in [-0.25, -0.2) is 9.78 Å². The molecule has 1 aliphatic rings. The molecule has 0 aliphatic heterocycles. The summed E-state index contributed by atoms with van der Waals surface area (Å²) < 4.78 is 128. The lowest BCUT2D eigenvalue weighted by Crippen LogP contribution is -2.39. The number of rotatable bonds is 11. The molecule has 48 heavy (non-hydrogen) atoms. The van der Waals surface area contributed by atoms with E-state index in [0.717, 1.165) is 15.9 Å². The molecule has 0 radical (unpaired) electrons. The van der Waals surface area contributed by atoms with Crippen LogP contribution < -0.4 is 4.90 Å². The van der Waals surface area contributed by atoms with E-state index in [1.807, 2.05) is 6.92 Å². The number of anilines is 1. The maximum Gasteiger partial charge on any atom is 0.417 e. The number of ether oxygens (including phenoxy) is 1. The summed E-state index contributed by atoms with van der Waals surface area (Å²) in [5.74, 6) is -0.113. The highest BCUT2D eigenvalue weighted by molar-refractivity contribution is 5.74. The van der Waals surface area contributed by atoms with Gasteiger partial charge in [-0.1, -0.05) is 6.92 Å². The Kier molecular flexibility index (Phi) is 12.6. The number of carbonyl (C=O) groups excluding carboxylic acids is 2. The molecule has 1 fully saturated rings. The number of alkyl halides is 9. The minimum absolute atomic E-state index is 0.0434. The lowest BCUT2D eigenvalue weighted by Gasteiger charge is -2.34. The molecule has 1 aromatic carbocycles. The fourth-order valence-corrected chi connectivity index (χ4v) is 5.63. The monoisotopic (exact) mass is 698 g/mol. The minimum atomic E-state index is -5.14. The number of pyridine rings is 1. The second-order valence-electron chi connectivity index (χ2n) is 12.1. The third-order valence-electron chi connectivity index (χ3n) is 8.01. The van der Waals surface area contributed by atoms with E-state index in [-0.39, 0.29) is 35.4 Å². The van der Waals surface area contributed by atoms with Gasteiger partial charge in [-0.3, -0.25) is 4.79 Å². The molecule has 1 aliphatic carbocycles. The van der Waals surface area contributed by atoms with Gasteiger partial charge in [0.25, 0.3) is 0 Å². The molecule has 0 N–H and O–H groups in total. The maximum absolute atomic E-state index is 13.8. The van der Waals surface area contributed by atoms with Crippen molar-refractivity contribution in [3.05, 3.63) is 58.3 Å². The molecule has 16 heteroatoms. The summed E-state index contributed by atoms with van der Waals surface area (Å²) in [7, 11) is 2.59. The predicted molar refractivity (Wildman–Crippen MR) is 159 cm³/mol. The first-order valence-electron chi connectivity index (χ1n) is 15.5. The largest absolute Gasteiger partial charge is 0.462 e. The number of esters is 1. The zero-order valence-corrected chi connectivity index (χ0v) is 27.0. The summed E-state index contributed by atoms with van der Waals surface area (Å²) in [5, 5.41) is 0. The van der Waals surface area contributed by atoms with Crippen LogP contribution in [0.5, 0.6) is 0 Å². The Hall–Kier alpha value is -3.72. The maximum atomic E-state index is 13.8. The van der Waals surface area contributed by atoms with Crippen molar-refractivity contribution in [1.29, 1.82) is 0 Å². The van der Waals surface area contributed by atoms with Crippen LogP contribution in [0.15, 0.2) is 30.5 Å². The Bertz CT molecular complexity index is 1370. The number of halogens is 9. The topological polar surface area (TPSA) is 66.0 Å². The fraction of sp³-hybridized carbons (Fsp3) is 0.594. The van der Waals surface area contributed by atoms with Crippen molar-refractivity contribution in [2.24, 2.45) is 5.92 Å². The smallest absolute Gasteiger partial charge is 0.417 e. The number of urea groups is 1. The average Bonchev–Trinajstić information content (AvgIpc) is 2.98. The zero-order chi connectivity index (χ0) is 36.0. The van der Waals surface area contributed by atoms with E-state index in [2.05, 4.69) is 4.98 Å². The Labute approximate surface area is 273 Å². The number of hydrogen-bond acceptors (Lipinski definition) is 5. The zero-order valence-electron chi connectivity index (χ0n) is 27.0. The van der Waals surface area contributed by atoms with Gasteiger partial charge in [0, 0.05) is 51.9 Å². The molecule has 0 saturated heterocycles. The van der Waals surface area contributed by atoms with Crippen LogP contribution in [-0.2, 0) is 41.1 Å². The van der Waals surface area contributed by atoms with E-state index >= 15 is 0 Å². The molecule has 0 unspecified atom stereocenters. The van der Waals surface area contributed by atoms with E-state index in [1.165, 1.54) is 14.1 Å². The molecule has 1 aromatic heterocycles. The molecule has 1 saturated carbocycles. The Balaban J connectivity index is 1.97. The predicted octanol–water partition coefficient (Wildman–Crippen LogP) is 8.55. The van der Waals surface area contributed by atoms with Gasteiger partial charge in [-0.2, -0.15) is 39.5 Å². The van der Waals surface area contributed by atoms with Gasteiger partial charge < -0.3 is 19.4 Å². The van der Waals surface area contributed by atoms with E-state index in [0.29, 0.717) is 69.9 Å². The molecule has 7 nitrogen and oxygen atoms in total. The number of amides is 2. The van der Waals surface area contributed by atoms with E-state index in [1.54, 1.807) is 11.8 Å². The van der Waals surface area contributed by atoms with Crippen molar-refractivity contribution >= 4 is 17.8 Å². The first kappa shape index (κ1) is 38.7. The Morgan fingerprint density at radius 2 is 1.38 bits per heavy atom. The third-order valence-corrected chi connectivity index (χ3v) is 8.01. The van der Waals surface area contributed by atoms with Crippen LogP contribution in [0.3, 0.4) is 0 Å². The van der Waals surface area contributed by atoms with Crippen molar-refractivity contribution in [3.8, 4) is 0 Å². The number of nitrogens with zero attached hydrogens (tertiary/aromatic N) is 4. The molecule has 2 amide bonds. The van der Waals surface area contributed by atoms with E-state index in [9.17, 15) is 49.1 Å². The highest BCUT2D eigenvalue weighted by Gasteiger charge is 2.38. The van der Waals surface area contributed by atoms with Crippen molar-refractivity contribution < 1.29 is 53.8 Å². The number of benzene rings is 1. The van der Waals surface area contributed by atoms with Gasteiger partial charge in [0.05, 0.1) is 23.2 Å². The average molecular weight is 699 g/mol. The van der Waals surface area contributed by atoms with Crippen LogP contribution in [0.25, 0.3) is 0 Å². The molecule has 2 aromatic rings. The molecular formula is C32H39F9N4O3. The van der Waals surface area contributed by atoms with Gasteiger partial charge >= 0.3 is 30.5 Å². The molecule has 268 valence electrons. The van der Waals surface area contributed by atoms with E-state index < -0.39 is 59.9 Å². The van der Waals surface area contributed by atoms with Gasteiger partial charge in [0.2, 0.25) is 0 Å². The summed E-state index contributed by atoms with van der Waals surface area (Å²) in [6.45, 7) is 2.91. The Morgan fingerprint density at radius 3 is 1.85 bits per heavy atom. The normalized spacial score (nSPS) is 17.2. The number of aromatic nitrogens is 1. The third kappa shape index (κ3) is 10.6. The SMILES string of the molecule is CCCC(=O)O[C@H]1CC[C@H](CN(CC)c2ncc(C(F)(F)F)cc2CN(Cc2cc(C(F)(F)F)cc(C(F)(F)F)c2)C(=O)N(C)C)CC1. The quantitative estimate of drug-likeness (QED) is 0.174. The van der Waals surface area contributed by atoms with Gasteiger partial charge in [-0.15, -0.1) is 0 Å².